The molecule has 1 rings (SSSR count). The van der Waals surface area contributed by atoms with Crippen LogP contribution in [0.4, 0.5) is 0 Å². The summed E-state index contributed by atoms with van der Waals surface area (Å²) in [7, 11) is 1.57. The highest BCUT2D eigenvalue weighted by molar-refractivity contribution is 6.11. The smallest absolute Gasteiger partial charge is 0.106 e. The highest BCUT2D eigenvalue weighted by atomic mass is 16.6. The van der Waals surface area contributed by atoms with Crippen molar-refractivity contribution in [1.82, 2.24) is 0 Å². The Bertz CT molecular complexity index is 486. The molecule has 0 saturated carbocycles. The van der Waals surface area contributed by atoms with Gasteiger partial charge in [0.15, 0.2) is 0 Å². The van der Waals surface area contributed by atoms with Crippen molar-refractivity contribution < 1.29 is 9.94 Å². The Balaban J connectivity index is 2.64. The minimum Gasteiger partial charge on any atom is -0.399 e. The lowest BCUT2D eigenvalue weighted by molar-refractivity contribution is 0.181. The number of allylic oxidation sites excluding steroid dienone is 6. The Kier molecular flexibility index (Phi) is 10.9. The molecular formula is C21H33NO2. The first-order chi connectivity index (χ1) is 11.7. The van der Waals surface area contributed by atoms with Gasteiger partial charge in [0.05, 0.1) is 6.10 Å². The third-order valence-corrected chi connectivity index (χ3v) is 4.07. The van der Waals surface area contributed by atoms with Gasteiger partial charge in [-0.05, 0) is 43.8 Å². The Hall–Kier alpha value is -1.61. The van der Waals surface area contributed by atoms with E-state index in [-0.39, 0.29) is 6.10 Å². The van der Waals surface area contributed by atoms with Crippen molar-refractivity contribution in [2.45, 2.75) is 64.9 Å². The van der Waals surface area contributed by atoms with Gasteiger partial charge in [0.1, 0.15) is 12.8 Å². The second-order valence-corrected chi connectivity index (χ2v) is 6.14. The summed E-state index contributed by atoms with van der Waals surface area (Å²) >= 11 is 0. The van der Waals surface area contributed by atoms with E-state index >= 15 is 0 Å². The average molecular weight is 332 g/mol. The molecule has 1 aliphatic rings. The summed E-state index contributed by atoms with van der Waals surface area (Å²) < 4.78 is 0. The van der Waals surface area contributed by atoms with Crippen molar-refractivity contribution in [3.8, 4) is 0 Å². The van der Waals surface area contributed by atoms with E-state index < -0.39 is 0 Å². The number of aliphatic hydroxyl groups is 1. The number of unbranched alkanes of at least 4 members (excludes halogenated alkanes) is 2. The van der Waals surface area contributed by atoms with E-state index in [1.54, 1.807) is 7.11 Å². The maximum absolute atomic E-state index is 10.1. The van der Waals surface area contributed by atoms with Crippen LogP contribution < -0.4 is 0 Å². The van der Waals surface area contributed by atoms with Crippen LogP contribution in [-0.4, -0.2) is 24.0 Å². The zero-order valence-corrected chi connectivity index (χ0v) is 15.4. The van der Waals surface area contributed by atoms with Gasteiger partial charge >= 0.3 is 0 Å². The van der Waals surface area contributed by atoms with Crippen molar-refractivity contribution >= 4 is 5.71 Å². The van der Waals surface area contributed by atoms with Crippen LogP contribution in [0, 0.1) is 5.92 Å². The zero-order chi connectivity index (χ0) is 17.6. The molecular weight excluding hydrogens is 298 g/mol. The molecule has 0 saturated heterocycles. The lowest BCUT2D eigenvalue weighted by Crippen LogP contribution is -2.07. The largest absolute Gasteiger partial charge is 0.399 e. The van der Waals surface area contributed by atoms with Crippen LogP contribution in [0.15, 0.2) is 53.3 Å². The van der Waals surface area contributed by atoms with Gasteiger partial charge in [-0.3, -0.25) is 0 Å². The van der Waals surface area contributed by atoms with Crippen LogP contribution in [0.5, 0.6) is 0 Å². The summed E-state index contributed by atoms with van der Waals surface area (Å²) in [6.45, 7) is 4.31. The third kappa shape index (κ3) is 7.78. The summed E-state index contributed by atoms with van der Waals surface area (Å²) in [5, 5.41) is 14.2. The quantitative estimate of drug-likeness (QED) is 0.315. The molecule has 2 unspecified atom stereocenters. The van der Waals surface area contributed by atoms with Gasteiger partial charge in [0, 0.05) is 5.92 Å². The molecule has 0 bridgehead atoms. The number of nitrogens with zero attached hydrogens (tertiary/aromatic N) is 1. The van der Waals surface area contributed by atoms with Crippen LogP contribution in [0.3, 0.4) is 0 Å². The van der Waals surface area contributed by atoms with Crippen molar-refractivity contribution in [3.05, 3.63) is 48.1 Å². The van der Waals surface area contributed by atoms with Gasteiger partial charge in [0.2, 0.25) is 0 Å². The predicted molar refractivity (Wildman–Crippen MR) is 103 cm³/mol. The summed E-state index contributed by atoms with van der Waals surface area (Å²) in [5.41, 5.74) is 2.04. The SMILES string of the molecule is CC/C=C\CC(O)CC=C1/C(=N\OC)C=CC1C/C=C\CCCC. The number of hydrogen-bond acceptors (Lipinski definition) is 3. The van der Waals surface area contributed by atoms with Gasteiger partial charge in [-0.1, -0.05) is 68.3 Å². The van der Waals surface area contributed by atoms with E-state index in [2.05, 4.69) is 49.4 Å². The summed E-state index contributed by atoms with van der Waals surface area (Å²) in [6, 6.07) is 0. The van der Waals surface area contributed by atoms with Crippen molar-refractivity contribution in [2.24, 2.45) is 11.1 Å². The Morgan fingerprint density at radius 2 is 2.04 bits per heavy atom. The molecule has 24 heavy (non-hydrogen) atoms. The number of aliphatic hydroxyl groups excluding tert-OH is 1. The summed E-state index contributed by atoms with van der Waals surface area (Å²) in [5.74, 6) is 0.329. The van der Waals surface area contributed by atoms with Crippen LogP contribution >= 0.6 is 0 Å². The molecule has 2 atom stereocenters. The highest BCUT2D eigenvalue weighted by Gasteiger charge is 2.21. The monoisotopic (exact) mass is 331 g/mol. The van der Waals surface area contributed by atoms with Gasteiger partial charge < -0.3 is 9.94 Å². The first-order valence-electron chi connectivity index (χ1n) is 9.20. The van der Waals surface area contributed by atoms with Crippen molar-refractivity contribution in [3.63, 3.8) is 0 Å². The fourth-order valence-corrected chi connectivity index (χ4v) is 2.70. The maximum atomic E-state index is 10.1. The van der Waals surface area contributed by atoms with Crippen LogP contribution in [0.25, 0.3) is 0 Å². The lowest BCUT2D eigenvalue weighted by Gasteiger charge is -2.11. The van der Waals surface area contributed by atoms with Crippen molar-refractivity contribution in [1.29, 1.82) is 0 Å². The number of rotatable bonds is 11. The normalized spacial score (nSPS) is 22.4. The third-order valence-electron chi connectivity index (χ3n) is 4.07. The van der Waals surface area contributed by atoms with E-state index in [0.29, 0.717) is 18.8 Å². The Labute approximate surface area is 147 Å². The predicted octanol–water partition coefficient (Wildman–Crippen LogP) is 5.35. The Morgan fingerprint density at radius 1 is 1.21 bits per heavy atom. The number of hydrogen-bond donors (Lipinski definition) is 1. The molecule has 3 heteroatoms. The number of oxime groups is 1. The molecule has 0 aromatic rings. The molecule has 0 aromatic heterocycles. The molecule has 0 aromatic carbocycles. The molecule has 1 aliphatic carbocycles. The molecule has 1 N–H and O–H groups in total. The van der Waals surface area contributed by atoms with E-state index in [1.807, 2.05) is 12.2 Å². The molecule has 3 nitrogen and oxygen atoms in total. The average Bonchev–Trinajstić information content (AvgIpc) is 2.95. The standard InChI is InChI=1S/C21H33NO2/c1-4-6-8-9-11-12-18-14-17-21(22-24-3)20(18)16-15-19(23)13-10-7-5-2/h7,9-11,14,16-19,23H,4-6,8,12-13,15H2,1-3H3/b10-7-,11-9-,20-16?,22-21-. The topological polar surface area (TPSA) is 41.8 Å². The van der Waals surface area contributed by atoms with Gasteiger partial charge in [-0.15, -0.1) is 0 Å². The maximum Gasteiger partial charge on any atom is 0.106 e. The fourth-order valence-electron chi connectivity index (χ4n) is 2.70. The van der Waals surface area contributed by atoms with Gasteiger partial charge in [-0.25, -0.2) is 0 Å². The molecule has 0 amide bonds. The highest BCUT2D eigenvalue weighted by Crippen LogP contribution is 2.27. The molecule has 0 aliphatic heterocycles. The first kappa shape index (κ1) is 20.4. The zero-order valence-electron chi connectivity index (χ0n) is 15.4. The molecule has 0 radical (unpaired) electrons. The van der Waals surface area contributed by atoms with E-state index in [0.717, 1.165) is 30.5 Å². The van der Waals surface area contributed by atoms with Crippen LogP contribution in [-0.2, 0) is 4.84 Å². The van der Waals surface area contributed by atoms with Crippen LogP contribution in [0.2, 0.25) is 0 Å². The van der Waals surface area contributed by atoms with E-state index in [9.17, 15) is 5.11 Å². The Morgan fingerprint density at radius 3 is 2.75 bits per heavy atom. The lowest BCUT2D eigenvalue weighted by atomic mass is 9.95. The molecule has 0 spiro atoms. The minimum absolute atomic E-state index is 0.329. The second kappa shape index (κ2) is 12.8. The summed E-state index contributed by atoms with van der Waals surface area (Å²) in [6.07, 6.45) is 21.6. The second-order valence-electron chi connectivity index (χ2n) is 6.14. The first-order valence-corrected chi connectivity index (χ1v) is 9.20. The molecule has 0 heterocycles. The van der Waals surface area contributed by atoms with E-state index in [1.165, 1.54) is 12.8 Å². The molecule has 0 fully saturated rings. The van der Waals surface area contributed by atoms with E-state index in [4.69, 9.17) is 4.84 Å². The molecule has 134 valence electrons. The van der Waals surface area contributed by atoms with Gasteiger partial charge in [0.25, 0.3) is 0 Å². The minimum atomic E-state index is -0.342. The van der Waals surface area contributed by atoms with Crippen molar-refractivity contribution in [2.75, 3.05) is 7.11 Å². The summed E-state index contributed by atoms with van der Waals surface area (Å²) in [4.78, 5) is 4.95. The van der Waals surface area contributed by atoms with Gasteiger partial charge in [-0.2, -0.15) is 0 Å². The van der Waals surface area contributed by atoms with Crippen LogP contribution in [0.1, 0.15) is 58.8 Å². The fraction of sp³-hybridized carbons (Fsp3) is 0.571.